The molecular weight excluding hydrogens is 234 g/mol. The second-order valence-corrected chi connectivity index (χ2v) is 6.98. The van der Waals surface area contributed by atoms with Crippen LogP contribution in [-0.2, 0) is 0 Å². The lowest BCUT2D eigenvalue weighted by Gasteiger charge is -2.38. The molecule has 0 aromatic rings. The van der Waals surface area contributed by atoms with Crippen LogP contribution in [0.3, 0.4) is 0 Å². The lowest BCUT2D eigenvalue weighted by atomic mass is 9.77. The van der Waals surface area contributed by atoms with Crippen LogP contribution in [0.25, 0.3) is 0 Å². The van der Waals surface area contributed by atoms with Gasteiger partial charge in [0, 0.05) is 18.6 Å². The molecule has 1 saturated heterocycles. The normalized spacial score (nSPS) is 40.7. The van der Waals surface area contributed by atoms with E-state index in [4.69, 9.17) is 0 Å². The fraction of sp³-hybridized carbons (Fsp3) is 1.00. The highest BCUT2D eigenvalue weighted by molar-refractivity contribution is 4.89. The van der Waals surface area contributed by atoms with E-state index in [2.05, 4.69) is 25.7 Å². The number of hydrogen-bond acceptors (Lipinski definition) is 2. The topological polar surface area (TPSA) is 23.5 Å². The Morgan fingerprint density at radius 3 is 2.58 bits per heavy atom. The van der Waals surface area contributed by atoms with E-state index in [0.29, 0.717) is 5.92 Å². The predicted molar refractivity (Wildman–Crippen MR) is 81.2 cm³/mol. The Morgan fingerprint density at radius 1 is 1.11 bits per heavy atom. The minimum Gasteiger partial charge on any atom is -0.393 e. The maximum absolute atomic E-state index is 10.3. The van der Waals surface area contributed by atoms with Crippen molar-refractivity contribution in [2.45, 2.75) is 90.3 Å². The van der Waals surface area contributed by atoms with E-state index in [1.54, 1.807) is 0 Å². The van der Waals surface area contributed by atoms with E-state index in [0.717, 1.165) is 31.0 Å². The molecule has 5 unspecified atom stereocenters. The van der Waals surface area contributed by atoms with Crippen molar-refractivity contribution in [3.8, 4) is 0 Å². The van der Waals surface area contributed by atoms with E-state index in [1.165, 1.54) is 44.9 Å². The second-order valence-electron chi connectivity index (χ2n) is 6.98. The fourth-order valence-corrected chi connectivity index (χ4v) is 4.38. The number of hydrogen-bond donors (Lipinski definition) is 1. The zero-order chi connectivity index (χ0) is 13.8. The van der Waals surface area contributed by atoms with Crippen molar-refractivity contribution < 1.29 is 5.11 Å². The maximum Gasteiger partial charge on any atom is 0.0580 e. The van der Waals surface area contributed by atoms with Gasteiger partial charge in [-0.05, 0) is 57.3 Å². The molecule has 2 heteroatoms. The van der Waals surface area contributed by atoms with Crippen molar-refractivity contribution in [2.75, 3.05) is 6.54 Å². The summed E-state index contributed by atoms with van der Waals surface area (Å²) in [5.74, 6) is 1.40. The monoisotopic (exact) mass is 267 g/mol. The highest BCUT2D eigenvalue weighted by atomic mass is 16.3. The standard InChI is InChI=1S/C17H33NO/c1-4-6-14-8-10-17(19)15(11-14)12-18-13(3)7-9-16(18)5-2/h13-17,19H,4-12H2,1-3H3. The van der Waals surface area contributed by atoms with Crippen LogP contribution in [0.2, 0.25) is 0 Å². The van der Waals surface area contributed by atoms with Gasteiger partial charge in [0.25, 0.3) is 0 Å². The van der Waals surface area contributed by atoms with E-state index >= 15 is 0 Å². The molecule has 0 amide bonds. The Kier molecular flexibility index (Phi) is 5.70. The minimum absolute atomic E-state index is 0.0431. The van der Waals surface area contributed by atoms with Gasteiger partial charge in [0.1, 0.15) is 0 Å². The first kappa shape index (κ1) is 15.3. The molecule has 1 N–H and O–H groups in total. The Balaban J connectivity index is 1.92. The number of rotatable bonds is 5. The van der Waals surface area contributed by atoms with Crippen LogP contribution in [0, 0.1) is 11.8 Å². The third-order valence-corrected chi connectivity index (χ3v) is 5.62. The van der Waals surface area contributed by atoms with Crippen LogP contribution in [0.4, 0.5) is 0 Å². The van der Waals surface area contributed by atoms with Gasteiger partial charge >= 0.3 is 0 Å². The van der Waals surface area contributed by atoms with Crippen molar-refractivity contribution in [3.05, 3.63) is 0 Å². The number of nitrogens with zero attached hydrogens (tertiary/aromatic N) is 1. The first-order valence-corrected chi connectivity index (χ1v) is 8.59. The molecule has 1 aliphatic heterocycles. The molecule has 0 aromatic carbocycles. The maximum atomic E-state index is 10.3. The zero-order valence-electron chi connectivity index (χ0n) is 13.1. The largest absolute Gasteiger partial charge is 0.393 e. The third-order valence-electron chi connectivity index (χ3n) is 5.62. The van der Waals surface area contributed by atoms with Crippen molar-refractivity contribution in [2.24, 2.45) is 11.8 Å². The van der Waals surface area contributed by atoms with Crippen molar-refractivity contribution in [3.63, 3.8) is 0 Å². The molecule has 1 aliphatic carbocycles. The Labute approximate surface area is 119 Å². The molecule has 1 heterocycles. The van der Waals surface area contributed by atoms with E-state index in [1.807, 2.05) is 0 Å². The third kappa shape index (κ3) is 3.72. The fourth-order valence-electron chi connectivity index (χ4n) is 4.38. The molecule has 2 aliphatic rings. The molecular formula is C17H33NO. The summed E-state index contributed by atoms with van der Waals surface area (Å²) in [6.45, 7) is 8.11. The molecule has 0 aromatic heterocycles. The van der Waals surface area contributed by atoms with Gasteiger partial charge in [-0.1, -0.05) is 26.7 Å². The first-order valence-electron chi connectivity index (χ1n) is 8.59. The van der Waals surface area contributed by atoms with Crippen molar-refractivity contribution >= 4 is 0 Å². The van der Waals surface area contributed by atoms with Gasteiger partial charge < -0.3 is 5.11 Å². The van der Waals surface area contributed by atoms with Crippen LogP contribution in [0.15, 0.2) is 0 Å². The molecule has 112 valence electrons. The van der Waals surface area contributed by atoms with Gasteiger partial charge in [-0.25, -0.2) is 0 Å². The zero-order valence-corrected chi connectivity index (χ0v) is 13.1. The molecule has 5 atom stereocenters. The summed E-state index contributed by atoms with van der Waals surface area (Å²) in [5.41, 5.74) is 0. The summed E-state index contributed by atoms with van der Waals surface area (Å²) >= 11 is 0. The van der Waals surface area contributed by atoms with E-state index in [9.17, 15) is 5.11 Å². The Hall–Kier alpha value is -0.0800. The van der Waals surface area contributed by atoms with Gasteiger partial charge in [0.2, 0.25) is 0 Å². The van der Waals surface area contributed by atoms with Crippen molar-refractivity contribution in [1.82, 2.24) is 4.90 Å². The minimum atomic E-state index is -0.0431. The summed E-state index contributed by atoms with van der Waals surface area (Å²) in [6.07, 6.45) is 10.1. The van der Waals surface area contributed by atoms with Gasteiger partial charge in [0.15, 0.2) is 0 Å². The lowest BCUT2D eigenvalue weighted by Crippen LogP contribution is -2.43. The molecule has 2 fully saturated rings. The molecule has 0 spiro atoms. The molecule has 0 radical (unpaired) electrons. The van der Waals surface area contributed by atoms with Crippen LogP contribution in [0.1, 0.15) is 72.1 Å². The van der Waals surface area contributed by atoms with Gasteiger partial charge in [-0.2, -0.15) is 0 Å². The molecule has 0 bridgehead atoms. The summed E-state index contributed by atoms with van der Waals surface area (Å²) < 4.78 is 0. The molecule has 19 heavy (non-hydrogen) atoms. The molecule has 2 rings (SSSR count). The molecule has 2 nitrogen and oxygen atoms in total. The van der Waals surface area contributed by atoms with Crippen LogP contribution in [-0.4, -0.2) is 34.7 Å². The number of likely N-dealkylation sites (tertiary alicyclic amines) is 1. The smallest absolute Gasteiger partial charge is 0.0580 e. The SMILES string of the molecule is CCCC1CCC(O)C(CN2C(C)CCC2CC)C1. The lowest BCUT2D eigenvalue weighted by molar-refractivity contribution is 0.0167. The predicted octanol–water partition coefficient (Wildman–Crippen LogP) is 3.83. The average molecular weight is 267 g/mol. The summed E-state index contributed by atoms with van der Waals surface area (Å²) in [6, 6.07) is 1.50. The van der Waals surface area contributed by atoms with Gasteiger partial charge in [0.05, 0.1) is 6.10 Å². The summed E-state index contributed by atoms with van der Waals surface area (Å²) in [5, 5.41) is 10.3. The highest BCUT2D eigenvalue weighted by Gasteiger charge is 2.35. The quantitative estimate of drug-likeness (QED) is 0.818. The van der Waals surface area contributed by atoms with Gasteiger partial charge in [-0.15, -0.1) is 0 Å². The summed E-state index contributed by atoms with van der Waals surface area (Å²) in [4.78, 5) is 2.70. The van der Waals surface area contributed by atoms with Crippen molar-refractivity contribution in [1.29, 1.82) is 0 Å². The summed E-state index contributed by atoms with van der Waals surface area (Å²) in [7, 11) is 0. The van der Waals surface area contributed by atoms with Gasteiger partial charge in [-0.3, -0.25) is 4.90 Å². The number of aliphatic hydroxyl groups excluding tert-OH is 1. The second kappa shape index (κ2) is 7.08. The first-order chi connectivity index (χ1) is 9.15. The van der Waals surface area contributed by atoms with E-state index < -0.39 is 0 Å². The van der Waals surface area contributed by atoms with Crippen LogP contribution in [0.5, 0.6) is 0 Å². The Bertz CT molecular complexity index is 268. The van der Waals surface area contributed by atoms with Crippen LogP contribution >= 0.6 is 0 Å². The van der Waals surface area contributed by atoms with E-state index in [-0.39, 0.29) is 6.10 Å². The van der Waals surface area contributed by atoms with Crippen LogP contribution < -0.4 is 0 Å². The average Bonchev–Trinajstić information content (AvgIpc) is 2.75. The number of aliphatic hydroxyl groups is 1. The Morgan fingerprint density at radius 2 is 1.89 bits per heavy atom. The molecule has 1 saturated carbocycles. The highest BCUT2D eigenvalue weighted by Crippen LogP contribution is 2.35.